The molecule has 204 valence electrons. The number of ketones is 2. The summed E-state index contributed by atoms with van der Waals surface area (Å²) in [6.07, 6.45) is 7.83. The minimum Gasteiger partial charge on any atom is -0.348 e. The van der Waals surface area contributed by atoms with Gasteiger partial charge in [0, 0.05) is 36.5 Å². The second-order valence-corrected chi connectivity index (χ2v) is 15.4. The Hall–Kier alpha value is -1.20. The Labute approximate surface area is 231 Å². The first-order chi connectivity index (χ1) is 17.4. The van der Waals surface area contributed by atoms with Crippen LogP contribution in [0.5, 0.6) is 0 Å². The first-order valence-corrected chi connectivity index (χ1v) is 15.7. The van der Waals surface area contributed by atoms with Crippen molar-refractivity contribution in [2.45, 2.75) is 98.4 Å². The van der Waals surface area contributed by atoms with Gasteiger partial charge in [0.1, 0.15) is 11.6 Å². The number of nitrogens with one attached hydrogen (secondary N) is 1. The van der Waals surface area contributed by atoms with Crippen molar-refractivity contribution < 1.29 is 14.4 Å². The average Bonchev–Trinajstić information content (AvgIpc) is 3.41. The maximum Gasteiger partial charge on any atom is 0.220 e. The van der Waals surface area contributed by atoms with Crippen LogP contribution in [0.2, 0.25) is 4.34 Å². The second kappa shape index (κ2) is 10.1. The molecule has 37 heavy (non-hydrogen) atoms. The molecule has 5 rings (SSSR count). The van der Waals surface area contributed by atoms with E-state index in [-0.39, 0.29) is 46.5 Å². The first-order valence-electron chi connectivity index (χ1n) is 14.5. The molecule has 4 fully saturated rings. The highest BCUT2D eigenvalue weighted by Crippen LogP contribution is 2.67. The number of amides is 1. The predicted molar refractivity (Wildman–Crippen MR) is 149 cm³/mol. The summed E-state index contributed by atoms with van der Waals surface area (Å²) in [6, 6.07) is 3.91. The predicted octanol–water partition coefficient (Wildman–Crippen LogP) is 7.65. The maximum atomic E-state index is 13.6. The molecule has 0 aromatic carbocycles. The van der Waals surface area contributed by atoms with E-state index in [2.05, 4.69) is 39.9 Å². The van der Waals surface area contributed by atoms with Gasteiger partial charge in [0.25, 0.3) is 0 Å². The fraction of sp³-hybridized carbons (Fsp3) is 0.774. The summed E-state index contributed by atoms with van der Waals surface area (Å²) in [5, 5.41) is 3.31. The van der Waals surface area contributed by atoms with Crippen LogP contribution in [0.3, 0.4) is 0 Å². The quantitative estimate of drug-likeness (QED) is 0.399. The second-order valence-electron chi connectivity index (χ2n) is 13.7. The molecule has 0 bridgehead atoms. The summed E-state index contributed by atoms with van der Waals surface area (Å²) >= 11 is 7.72. The standard InChI is InChI=1S/C31H44ClNO3S/c1-17(2)29(25-8-9-26(32)37-25)33-27(36)14-18(3)21-6-7-22-28-23(11-13-31(21,22)5)30(4)12-10-20(34)15-19(30)16-24(28)35/h8-9,17-19,21-23,28-29H,6-7,10-16H2,1-5H3,(H,33,36)/t18-,19?,21?,22+,23+,28?,29+,30?,31?/m1/s1. The number of rotatable bonds is 6. The van der Waals surface area contributed by atoms with Crippen molar-refractivity contribution in [1.29, 1.82) is 0 Å². The molecule has 4 saturated carbocycles. The van der Waals surface area contributed by atoms with Gasteiger partial charge in [0.2, 0.25) is 5.91 Å². The van der Waals surface area contributed by atoms with Crippen LogP contribution in [0.25, 0.3) is 0 Å². The lowest BCUT2D eigenvalue weighted by Crippen LogP contribution is -2.57. The summed E-state index contributed by atoms with van der Waals surface area (Å²) in [5.41, 5.74) is 0.247. The lowest BCUT2D eigenvalue weighted by Gasteiger charge is -2.59. The molecule has 0 spiro atoms. The van der Waals surface area contributed by atoms with Crippen LogP contribution in [-0.2, 0) is 14.4 Å². The Morgan fingerprint density at radius 1 is 1.05 bits per heavy atom. The lowest BCUT2D eigenvalue weighted by molar-refractivity contribution is -0.159. The third-order valence-corrected chi connectivity index (χ3v) is 12.8. The van der Waals surface area contributed by atoms with Gasteiger partial charge in [-0.2, -0.15) is 0 Å². The fourth-order valence-corrected chi connectivity index (χ4v) is 10.7. The van der Waals surface area contributed by atoms with Crippen LogP contribution >= 0.6 is 22.9 Å². The van der Waals surface area contributed by atoms with Gasteiger partial charge in [0.05, 0.1) is 10.4 Å². The number of hydrogen-bond donors (Lipinski definition) is 1. The largest absolute Gasteiger partial charge is 0.348 e. The minimum absolute atomic E-state index is 0.0181. The molecule has 1 N–H and O–H groups in total. The van der Waals surface area contributed by atoms with E-state index in [1.165, 1.54) is 0 Å². The van der Waals surface area contributed by atoms with Crippen molar-refractivity contribution in [2.75, 3.05) is 0 Å². The van der Waals surface area contributed by atoms with Crippen LogP contribution in [0.1, 0.15) is 103 Å². The highest BCUT2D eigenvalue weighted by molar-refractivity contribution is 7.16. The number of fused-ring (bicyclic) bond motifs is 5. The average molecular weight is 546 g/mol. The Bertz CT molecular complexity index is 1070. The van der Waals surface area contributed by atoms with E-state index in [0.717, 1.165) is 41.3 Å². The van der Waals surface area contributed by atoms with Crippen LogP contribution in [0.15, 0.2) is 12.1 Å². The van der Waals surface area contributed by atoms with Gasteiger partial charge in [-0.25, -0.2) is 0 Å². The van der Waals surface area contributed by atoms with E-state index < -0.39 is 0 Å². The molecule has 4 nitrogen and oxygen atoms in total. The molecule has 1 aromatic heterocycles. The molecule has 1 heterocycles. The Kier molecular flexibility index (Phi) is 7.46. The van der Waals surface area contributed by atoms with Crippen molar-refractivity contribution in [3.63, 3.8) is 0 Å². The molecule has 5 unspecified atom stereocenters. The van der Waals surface area contributed by atoms with Gasteiger partial charge in [0.15, 0.2) is 0 Å². The van der Waals surface area contributed by atoms with Gasteiger partial charge in [-0.1, -0.05) is 46.2 Å². The Morgan fingerprint density at radius 3 is 2.46 bits per heavy atom. The van der Waals surface area contributed by atoms with Crippen LogP contribution in [-0.4, -0.2) is 17.5 Å². The molecule has 0 radical (unpaired) electrons. The molecule has 1 amide bonds. The van der Waals surface area contributed by atoms with E-state index in [9.17, 15) is 14.4 Å². The highest BCUT2D eigenvalue weighted by atomic mass is 35.5. The summed E-state index contributed by atoms with van der Waals surface area (Å²) in [6.45, 7) is 11.3. The lowest BCUT2D eigenvalue weighted by atomic mass is 9.44. The Morgan fingerprint density at radius 2 is 1.78 bits per heavy atom. The molecule has 0 saturated heterocycles. The van der Waals surface area contributed by atoms with Crippen molar-refractivity contribution in [3.05, 3.63) is 21.3 Å². The van der Waals surface area contributed by atoms with Crippen molar-refractivity contribution in [1.82, 2.24) is 5.32 Å². The number of thiophene rings is 1. The van der Waals surface area contributed by atoms with Gasteiger partial charge < -0.3 is 5.32 Å². The number of hydrogen-bond acceptors (Lipinski definition) is 4. The van der Waals surface area contributed by atoms with Crippen LogP contribution in [0, 0.1) is 52.3 Å². The molecular weight excluding hydrogens is 502 g/mol. The van der Waals surface area contributed by atoms with Crippen LogP contribution in [0.4, 0.5) is 0 Å². The van der Waals surface area contributed by atoms with E-state index in [0.29, 0.717) is 55.0 Å². The summed E-state index contributed by atoms with van der Waals surface area (Å²) < 4.78 is 0.751. The highest BCUT2D eigenvalue weighted by Gasteiger charge is 2.63. The monoisotopic (exact) mass is 545 g/mol. The third kappa shape index (κ3) is 4.75. The van der Waals surface area contributed by atoms with Crippen molar-refractivity contribution in [3.8, 4) is 0 Å². The fourth-order valence-electron chi connectivity index (χ4n) is 9.43. The van der Waals surface area contributed by atoms with E-state index in [1.807, 2.05) is 12.1 Å². The van der Waals surface area contributed by atoms with Gasteiger partial charge in [-0.15, -0.1) is 11.3 Å². The van der Waals surface area contributed by atoms with Crippen molar-refractivity contribution in [2.24, 2.45) is 52.3 Å². The molecule has 4 aliphatic rings. The molecule has 4 aliphatic carbocycles. The van der Waals surface area contributed by atoms with Crippen LogP contribution < -0.4 is 5.32 Å². The number of Topliss-reactive ketones (excluding diaryl/α,β-unsaturated/α-hetero) is 2. The van der Waals surface area contributed by atoms with E-state index in [4.69, 9.17) is 11.6 Å². The number of halogens is 1. The SMILES string of the molecule is CC(C)[C@H](NC(=O)C[C@@H](C)C1CC[C@H]2C3C(=O)CC4CC(=O)CCC4(C)[C@H]3CCC12C)c1ccc(Cl)s1. The van der Waals surface area contributed by atoms with Gasteiger partial charge in [-0.3, -0.25) is 14.4 Å². The third-order valence-electron chi connectivity index (χ3n) is 11.4. The van der Waals surface area contributed by atoms with Gasteiger partial charge in [-0.05, 0) is 90.6 Å². The zero-order valence-corrected chi connectivity index (χ0v) is 24.7. The summed E-state index contributed by atoms with van der Waals surface area (Å²) in [5.74, 6) is 3.16. The molecular formula is C31H44ClNO3S. The minimum atomic E-state index is -0.0181. The number of carbonyl (C=O) groups is 3. The van der Waals surface area contributed by atoms with Crippen molar-refractivity contribution >= 4 is 40.4 Å². The summed E-state index contributed by atoms with van der Waals surface area (Å²) in [7, 11) is 0. The molecule has 9 atom stereocenters. The number of carbonyl (C=O) groups excluding carboxylic acids is 3. The van der Waals surface area contributed by atoms with Gasteiger partial charge >= 0.3 is 0 Å². The smallest absolute Gasteiger partial charge is 0.220 e. The zero-order valence-electron chi connectivity index (χ0n) is 23.1. The van der Waals surface area contributed by atoms with E-state index in [1.54, 1.807) is 11.3 Å². The Balaban J connectivity index is 1.28. The first kappa shape index (κ1) is 27.4. The normalized spacial score (nSPS) is 39.1. The summed E-state index contributed by atoms with van der Waals surface area (Å²) in [4.78, 5) is 40.2. The molecule has 0 aliphatic heterocycles. The van der Waals surface area contributed by atoms with E-state index >= 15 is 0 Å². The molecule has 1 aromatic rings. The maximum absolute atomic E-state index is 13.6. The topological polar surface area (TPSA) is 63.2 Å². The zero-order chi connectivity index (χ0) is 26.7. The molecule has 6 heteroatoms.